The summed E-state index contributed by atoms with van der Waals surface area (Å²) in [6, 6.07) is 10.1. The first-order chi connectivity index (χ1) is 12.0. The van der Waals surface area contributed by atoms with Crippen molar-refractivity contribution in [3.8, 4) is 0 Å². The zero-order chi connectivity index (χ0) is 17.8. The van der Waals surface area contributed by atoms with E-state index < -0.39 is 5.97 Å². The fourth-order valence-electron chi connectivity index (χ4n) is 2.49. The molecule has 0 saturated heterocycles. The number of likely N-dealkylation sites (N-methyl/N-ethyl adjacent to an activating group) is 1. The van der Waals surface area contributed by atoms with Crippen LogP contribution in [-0.2, 0) is 16.1 Å². The van der Waals surface area contributed by atoms with E-state index in [1.165, 1.54) is 23.7 Å². The number of aromatic nitrogens is 3. The van der Waals surface area contributed by atoms with Gasteiger partial charge in [0.1, 0.15) is 12.4 Å². The zero-order valence-electron chi connectivity index (χ0n) is 14.0. The Kier molecular flexibility index (Phi) is 5.37. The van der Waals surface area contributed by atoms with Gasteiger partial charge in [0.25, 0.3) is 0 Å². The molecule has 1 aliphatic rings. The van der Waals surface area contributed by atoms with E-state index in [1.807, 2.05) is 18.2 Å². The smallest absolute Gasteiger partial charge is 0.323 e. The van der Waals surface area contributed by atoms with E-state index in [1.54, 1.807) is 0 Å². The zero-order valence-corrected chi connectivity index (χ0v) is 14.8. The number of hydrogen-bond donors (Lipinski definition) is 1. The Balaban J connectivity index is 1.71. The molecule has 0 aliphatic heterocycles. The lowest BCUT2D eigenvalue weighted by Crippen LogP contribution is -2.33. The van der Waals surface area contributed by atoms with Gasteiger partial charge in [-0.1, -0.05) is 42.1 Å². The van der Waals surface area contributed by atoms with Crippen molar-refractivity contribution in [3.63, 3.8) is 0 Å². The second-order valence-electron chi connectivity index (χ2n) is 6.12. The summed E-state index contributed by atoms with van der Waals surface area (Å²) in [5.41, 5.74) is 1.15. The summed E-state index contributed by atoms with van der Waals surface area (Å²) in [4.78, 5) is 24.0. The highest BCUT2D eigenvalue weighted by atomic mass is 32.2. The molecule has 25 heavy (non-hydrogen) atoms. The molecule has 1 aromatic carbocycles. The number of nitrogens with zero attached hydrogens (tertiary/aromatic N) is 4. The molecule has 0 atom stereocenters. The molecule has 132 valence electrons. The van der Waals surface area contributed by atoms with E-state index in [9.17, 15) is 9.59 Å². The molecule has 2 aromatic rings. The number of amides is 1. The second kappa shape index (κ2) is 7.69. The van der Waals surface area contributed by atoms with E-state index in [2.05, 4.69) is 26.9 Å². The number of carbonyl (C=O) groups excluding carboxylic acids is 1. The Morgan fingerprint density at radius 3 is 2.64 bits per heavy atom. The van der Waals surface area contributed by atoms with Crippen LogP contribution in [0.1, 0.15) is 30.1 Å². The Hall–Kier alpha value is -2.35. The minimum Gasteiger partial charge on any atom is -0.480 e. The quantitative estimate of drug-likeness (QED) is 0.723. The van der Waals surface area contributed by atoms with Crippen LogP contribution in [0.5, 0.6) is 0 Å². The van der Waals surface area contributed by atoms with Gasteiger partial charge in [-0.25, -0.2) is 0 Å². The predicted octanol–water partition coefficient (Wildman–Crippen LogP) is 1.84. The van der Waals surface area contributed by atoms with E-state index >= 15 is 0 Å². The van der Waals surface area contributed by atoms with Crippen molar-refractivity contribution in [2.75, 3.05) is 19.3 Å². The lowest BCUT2D eigenvalue weighted by molar-refractivity contribution is -0.142. The fourth-order valence-corrected chi connectivity index (χ4v) is 3.38. The summed E-state index contributed by atoms with van der Waals surface area (Å²) in [6.07, 6.45) is 2.25. The Labute approximate surface area is 150 Å². The fraction of sp³-hybridized carbons (Fsp3) is 0.412. The first-order valence-electron chi connectivity index (χ1n) is 8.10. The molecule has 7 nitrogen and oxygen atoms in total. The standard InChI is InChI=1S/C17H20N4O3S/c1-20(10-15(23)24)14(22)11-25-17-19-18-16(13-7-8-13)21(17)9-12-5-3-2-4-6-12/h2-6,13H,7-11H2,1H3,(H,23,24). The molecule has 0 bridgehead atoms. The number of carbonyl (C=O) groups is 2. The van der Waals surface area contributed by atoms with Crippen LogP contribution < -0.4 is 0 Å². The van der Waals surface area contributed by atoms with E-state index in [0.29, 0.717) is 17.6 Å². The number of carboxylic acid groups (broad SMARTS) is 1. The lowest BCUT2D eigenvalue weighted by atomic mass is 10.2. The van der Waals surface area contributed by atoms with Gasteiger partial charge in [-0.05, 0) is 18.4 Å². The number of carboxylic acids is 1. The highest BCUT2D eigenvalue weighted by Gasteiger charge is 2.30. The molecule has 0 unspecified atom stereocenters. The van der Waals surface area contributed by atoms with Gasteiger partial charge >= 0.3 is 5.97 Å². The number of aliphatic carboxylic acids is 1. The summed E-state index contributed by atoms with van der Waals surface area (Å²) < 4.78 is 2.07. The largest absolute Gasteiger partial charge is 0.480 e. The predicted molar refractivity (Wildman–Crippen MR) is 93.5 cm³/mol. The molecule has 1 heterocycles. The number of benzene rings is 1. The molecule has 0 spiro atoms. The third-order valence-electron chi connectivity index (χ3n) is 3.99. The van der Waals surface area contributed by atoms with Crippen molar-refractivity contribution in [1.29, 1.82) is 0 Å². The van der Waals surface area contributed by atoms with E-state index in [0.717, 1.165) is 24.2 Å². The summed E-state index contributed by atoms with van der Waals surface area (Å²) in [6.45, 7) is 0.366. The topological polar surface area (TPSA) is 88.3 Å². The lowest BCUT2D eigenvalue weighted by Gasteiger charge is -2.14. The highest BCUT2D eigenvalue weighted by molar-refractivity contribution is 7.99. The van der Waals surface area contributed by atoms with Crippen LogP contribution in [0, 0.1) is 0 Å². The first-order valence-corrected chi connectivity index (χ1v) is 9.08. The van der Waals surface area contributed by atoms with Crippen LogP contribution in [-0.4, -0.2) is 56.0 Å². The molecule has 8 heteroatoms. The summed E-state index contributed by atoms with van der Waals surface area (Å²) in [5, 5.41) is 18.0. The van der Waals surface area contributed by atoms with Gasteiger partial charge < -0.3 is 14.6 Å². The highest BCUT2D eigenvalue weighted by Crippen LogP contribution is 2.40. The van der Waals surface area contributed by atoms with Crippen molar-refractivity contribution >= 4 is 23.6 Å². The average molecular weight is 360 g/mol. The molecule has 1 saturated carbocycles. The van der Waals surface area contributed by atoms with Gasteiger partial charge in [-0.15, -0.1) is 10.2 Å². The summed E-state index contributed by atoms with van der Waals surface area (Å²) in [7, 11) is 1.49. The molecule has 0 radical (unpaired) electrons. The van der Waals surface area contributed by atoms with E-state index in [4.69, 9.17) is 5.11 Å². The molecule has 1 amide bonds. The number of hydrogen-bond acceptors (Lipinski definition) is 5. The second-order valence-corrected chi connectivity index (χ2v) is 7.06. The third kappa shape index (κ3) is 4.60. The van der Waals surface area contributed by atoms with Crippen LogP contribution in [0.4, 0.5) is 0 Å². The maximum atomic E-state index is 12.1. The maximum absolute atomic E-state index is 12.1. The van der Waals surface area contributed by atoms with Crippen LogP contribution >= 0.6 is 11.8 Å². The van der Waals surface area contributed by atoms with Crippen LogP contribution in [0.3, 0.4) is 0 Å². The number of rotatable bonds is 8. The monoisotopic (exact) mass is 360 g/mol. The molecular formula is C17H20N4O3S. The molecule has 1 N–H and O–H groups in total. The van der Waals surface area contributed by atoms with Gasteiger partial charge in [0.15, 0.2) is 5.16 Å². The molecular weight excluding hydrogens is 340 g/mol. The number of thioether (sulfide) groups is 1. The Morgan fingerprint density at radius 1 is 1.28 bits per heavy atom. The van der Waals surface area contributed by atoms with Crippen LogP contribution in [0.25, 0.3) is 0 Å². The van der Waals surface area contributed by atoms with Crippen molar-refractivity contribution < 1.29 is 14.7 Å². The Bertz CT molecular complexity index is 759. The van der Waals surface area contributed by atoms with Crippen LogP contribution in [0.15, 0.2) is 35.5 Å². The van der Waals surface area contributed by atoms with Gasteiger partial charge in [0, 0.05) is 13.0 Å². The molecule has 1 aromatic heterocycles. The van der Waals surface area contributed by atoms with Gasteiger partial charge in [-0.2, -0.15) is 0 Å². The van der Waals surface area contributed by atoms with Crippen molar-refractivity contribution in [3.05, 3.63) is 41.7 Å². The SMILES string of the molecule is CN(CC(=O)O)C(=O)CSc1nnc(C2CC2)n1Cc1ccccc1. The molecule has 1 aliphatic carbocycles. The first kappa shape index (κ1) is 17.5. The van der Waals surface area contributed by atoms with Gasteiger partial charge in [-0.3, -0.25) is 9.59 Å². The Morgan fingerprint density at radius 2 is 2.00 bits per heavy atom. The third-order valence-corrected chi connectivity index (χ3v) is 4.95. The van der Waals surface area contributed by atoms with Crippen molar-refractivity contribution in [1.82, 2.24) is 19.7 Å². The van der Waals surface area contributed by atoms with Crippen molar-refractivity contribution in [2.24, 2.45) is 0 Å². The summed E-state index contributed by atoms with van der Waals surface area (Å²) in [5.74, 6) is 0.300. The maximum Gasteiger partial charge on any atom is 0.323 e. The van der Waals surface area contributed by atoms with Gasteiger partial charge in [0.05, 0.1) is 12.3 Å². The summed E-state index contributed by atoms with van der Waals surface area (Å²) >= 11 is 1.30. The van der Waals surface area contributed by atoms with Crippen molar-refractivity contribution in [2.45, 2.75) is 30.5 Å². The van der Waals surface area contributed by atoms with Crippen LogP contribution in [0.2, 0.25) is 0 Å². The normalized spacial score (nSPS) is 13.6. The minimum atomic E-state index is -1.02. The molecule has 1 fully saturated rings. The average Bonchev–Trinajstić information content (AvgIpc) is 3.35. The van der Waals surface area contributed by atoms with Gasteiger partial charge in [0.2, 0.25) is 5.91 Å². The molecule has 3 rings (SSSR count). The van der Waals surface area contributed by atoms with E-state index in [-0.39, 0.29) is 18.2 Å². The minimum absolute atomic E-state index is 0.140.